The zero-order chi connectivity index (χ0) is 17.6. The predicted octanol–water partition coefficient (Wildman–Crippen LogP) is 3.28. The molecule has 1 N–H and O–H groups in total. The quantitative estimate of drug-likeness (QED) is 0.861. The number of nitrogens with one attached hydrogen (secondary N) is 1. The highest BCUT2D eigenvalue weighted by Gasteiger charge is 2.31. The Kier molecular flexibility index (Phi) is 5.95. The summed E-state index contributed by atoms with van der Waals surface area (Å²) in [5.74, 6) is 1.39. The number of para-hydroxylation sites is 2. The van der Waals surface area contributed by atoms with Crippen LogP contribution in [-0.2, 0) is 9.59 Å². The molecule has 2 amide bonds. The van der Waals surface area contributed by atoms with Crippen LogP contribution < -0.4 is 15.0 Å². The van der Waals surface area contributed by atoms with Gasteiger partial charge in [0.1, 0.15) is 5.75 Å². The molecule has 1 unspecified atom stereocenters. The second-order valence-electron chi connectivity index (χ2n) is 7.11. The van der Waals surface area contributed by atoms with Crippen molar-refractivity contribution < 1.29 is 14.3 Å². The fourth-order valence-corrected chi connectivity index (χ4v) is 3.78. The van der Waals surface area contributed by atoms with E-state index in [4.69, 9.17) is 4.74 Å². The van der Waals surface area contributed by atoms with Gasteiger partial charge in [0.25, 0.3) is 5.91 Å². The zero-order valence-electron chi connectivity index (χ0n) is 15.0. The van der Waals surface area contributed by atoms with Crippen molar-refractivity contribution in [2.45, 2.75) is 58.0 Å². The fourth-order valence-electron chi connectivity index (χ4n) is 3.78. The van der Waals surface area contributed by atoms with Gasteiger partial charge in [0.2, 0.25) is 5.91 Å². The number of fused-ring (bicyclic) bond motifs is 1. The Hall–Kier alpha value is -2.04. The molecule has 2 aliphatic rings. The first-order chi connectivity index (χ1) is 12.1. The summed E-state index contributed by atoms with van der Waals surface area (Å²) < 4.78 is 5.62. The van der Waals surface area contributed by atoms with Crippen LogP contribution in [0.4, 0.5) is 5.69 Å². The molecule has 1 atom stereocenters. The smallest absolute Gasteiger partial charge is 0.267 e. The number of benzene rings is 1. The number of hydrogen-bond donors (Lipinski definition) is 1. The van der Waals surface area contributed by atoms with Crippen LogP contribution in [-0.4, -0.2) is 31.0 Å². The van der Waals surface area contributed by atoms with Crippen LogP contribution in [0.2, 0.25) is 0 Å². The number of carbonyl (C=O) groups is 2. The summed E-state index contributed by atoms with van der Waals surface area (Å²) in [6.07, 6.45) is 7.49. The highest BCUT2D eigenvalue weighted by Crippen LogP contribution is 2.33. The Bertz CT molecular complexity index is 611. The SMILES string of the molecule is CC1Oc2ccccc2N(CCC(=O)NCCC2CCCCC2)C1=O. The summed E-state index contributed by atoms with van der Waals surface area (Å²) >= 11 is 0. The second-order valence-corrected chi connectivity index (χ2v) is 7.11. The zero-order valence-corrected chi connectivity index (χ0v) is 15.0. The lowest BCUT2D eigenvalue weighted by molar-refractivity contribution is -0.125. The van der Waals surface area contributed by atoms with Crippen LogP contribution in [0, 0.1) is 5.92 Å². The maximum absolute atomic E-state index is 12.4. The summed E-state index contributed by atoms with van der Waals surface area (Å²) in [6.45, 7) is 2.88. The summed E-state index contributed by atoms with van der Waals surface area (Å²) in [7, 11) is 0. The lowest BCUT2D eigenvalue weighted by Gasteiger charge is -2.32. The van der Waals surface area contributed by atoms with E-state index >= 15 is 0 Å². The van der Waals surface area contributed by atoms with E-state index in [1.54, 1.807) is 11.8 Å². The molecule has 1 aliphatic heterocycles. The highest BCUT2D eigenvalue weighted by atomic mass is 16.5. The summed E-state index contributed by atoms with van der Waals surface area (Å²) in [4.78, 5) is 26.2. The monoisotopic (exact) mass is 344 g/mol. The third-order valence-electron chi connectivity index (χ3n) is 5.24. The standard InChI is InChI=1S/C20H28N2O3/c1-15-20(24)22(17-9-5-6-10-18(17)25-15)14-12-19(23)21-13-11-16-7-3-2-4-8-16/h5-6,9-10,15-16H,2-4,7-8,11-14H2,1H3,(H,21,23). The molecule has 1 saturated carbocycles. The van der Waals surface area contributed by atoms with Crippen molar-refractivity contribution in [3.8, 4) is 5.75 Å². The Balaban J connectivity index is 1.47. The number of amides is 2. The molecule has 1 aromatic rings. The number of rotatable bonds is 6. The number of carbonyl (C=O) groups excluding carboxylic acids is 2. The number of ether oxygens (including phenoxy) is 1. The topological polar surface area (TPSA) is 58.6 Å². The van der Waals surface area contributed by atoms with Crippen LogP contribution in [0.15, 0.2) is 24.3 Å². The maximum atomic E-state index is 12.4. The molecule has 0 radical (unpaired) electrons. The van der Waals surface area contributed by atoms with Gasteiger partial charge in [0, 0.05) is 19.5 Å². The Morgan fingerprint density at radius 3 is 2.80 bits per heavy atom. The molecule has 0 spiro atoms. The van der Waals surface area contributed by atoms with Crippen LogP contribution >= 0.6 is 0 Å². The van der Waals surface area contributed by atoms with E-state index in [0.29, 0.717) is 18.7 Å². The summed E-state index contributed by atoms with van der Waals surface area (Å²) in [5.41, 5.74) is 0.751. The third kappa shape index (κ3) is 4.53. The Labute approximate surface area is 149 Å². The predicted molar refractivity (Wildman–Crippen MR) is 97.7 cm³/mol. The maximum Gasteiger partial charge on any atom is 0.267 e. The first-order valence-corrected chi connectivity index (χ1v) is 9.49. The number of anilines is 1. The van der Waals surface area contributed by atoms with E-state index in [0.717, 1.165) is 24.6 Å². The average Bonchev–Trinajstić information content (AvgIpc) is 2.63. The number of hydrogen-bond acceptors (Lipinski definition) is 3. The first-order valence-electron chi connectivity index (χ1n) is 9.49. The average molecular weight is 344 g/mol. The van der Waals surface area contributed by atoms with Crippen molar-refractivity contribution in [3.63, 3.8) is 0 Å². The molecule has 0 saturated heterocycles. The molecule has 25 heavy (non-hydrogen) atoms. The third-order valence-corrected chi connectivity index (χ3v) is 5.24. The van der Waals surface area contributed by atoms with Gasteiger partial charge in [-0.3, -0.25) is 9.59 Å². The molecule has 3 rings (SSSR count). The van der Waals surface area contributed by atoms with E-state index in [-0.39, 0.29) is 11.8 Å². The molecule has 5 nitrogen and oxygen atoms in total. The molecule has 0 aromatic heterocycles. The lowest BCUT2D eigenvalue weighted by atomic mass is 9.87. The van der Waals surface area contributed by atoms with Gasteiger partial charge >= 0.3 is 0 Å². The summed E-state index contributed by atoms with van der Waals surface area (Å²) in [6, 6.07) is 7.48. The molecule has 0 bridgehead atoms. The van der Waals surface area contributed by atoms with Crippen molar-refractivity contribution in [1.82, 2.24) is 5.32 Å². The normalized spacial score (nSPS) is 20.8. The molecular formula is C20H28N2O3. The highest BCUT2D eigenvalue weighted by molar-refractivity contribution is 6.00. The van der Waals surface area contributed by atoms with Gasteiger partial charge in [-0.25, -0.2) is 0 Å². The largest absolute Gasteiger partial charge is 0.479 e. The van der Waals surface area contributed by atoms with Gasteiger partial charge in [-0.15, -0.1) is 0 Å². The van der Waals surface area contributed by atoms with E-state index in [2.05, 4.69) is 5.32 Å². The van der Waals surface area contributed by atoms with Crippen LogP contribution in [0.1, 0.15) is 51.9 Å². The van der Waals surface area contributed by atoms with E-state index in [9.17, 15) is 9.59 Å². The molecule has 1 fully saturated rings. The minimum absolute atomic E-state index is 0.0141. The second kappa shape index (κ2) is 8.37. The first kappa shape index (κ1) is 17.8. The molecular weight excluding hydrogens is 316 g/mol. The van der Waals surface area contributed by atoms with Crippen molar-refractivity contribution >= 4 is 17.5 Å². The minimum Gasteiger partial charge on any atom is -0.479 e. The fraction of sp³-hybridized carbons (Fsp3) is 0.600. The Morgan fingerprint density at radius 1 is 1.24 bits per heavy atom. The summed E-state index contributed by atoms with van der Waals surface area (Å²) in [5, 5.41) is 3.01. The molecule has 1 heterocycles. The van der Waals surface area contributed by atoms with Crippen molar-refractivity contribution in [3.05, 3.63) is 24.3 Å². The van der Waals surface area contributed by atoms with Gasteiger partial charge in [-0.05, 0) is 31.4 Å². The van der Waals surface area contributed by atoms with E-state index < -0.39 is 6.10 Å². The van der Waals surface area contributed by atoms with E-state index in [1.165, 1.54) is 32.1 Å². The van der Waals surface area contributed by atoms with Gasteiger partial charge < -0.3 is 15.0 Å². The van der Waals surface area contributed by atoms with Crippen molar-refractivity contribution in [2.24, 2.45) is 5.92 Å². The Morgan fingerprint density at radius 2 is 2.00 bits per heavy atom. The molecule has 1 aromatic carbocycles. The van der Waals surface area contributed by atoms with Crippen molar-refractivity contribution in [2.75, 3.05) is 18.0 Å². The van der Waals surface area contributed by atoms with Gasteiger partial charge in [0.05, 0.1) is 5.69 Å². The van der Waals surface area contributed by atoms with Gasteiger partial charge in [-0.2, -0.15) is 0 Å². The minimum atomic E-state index is -0.510. The van der Waals surface area contributed by atoms with Gasteiger partial charge in [0.15, 0.2) is 6.10 Å². The van der Waals surface area contributed by atoms with Crippen LogP contribution in [0.25, 0.3) is 0 Å². The van der Waals surface area contributed by atoms with Gasteiger partial charge in [-0.1, -0.05) is 44.2 Å². The molecule has 5 heteroatoms. The number of nitrogens with zero attached hydrogens (tertiary/aromatic N) is 1. The van der Waals surface area contributed by atoms with Crippen LogP contribution in [0.3, 0.4) is 0 Å². The molecule has 136 valence electrons. The van der Waals surface area contributed by atoms with Crippen LogP contribution in [0.5, 0.6) is 5.75 Å². The van der Waals surface area contributed by atoms with E-state index in [1.807, 2.05) is 24.3 Å². The van der Waals surface area contributed by atoms with Crippen molar-refractivity contribution in [1.29, 1.82) is 0 Å². The lowest BCUT2D eigenvalue weighted by Crippen LogP contribution is -2.45. The molecule has 1 aliphatic carbocycles.